The maximum absolute atomic E-state index is 12.1. The average Bonchev–Trinajstić information content (AvgIpc) is 4.16. The van der Waals surface area contributed by atoms with Crippen LogP contribution in [-0.2, 0) is 43.9 Å². The van der Waals surface area contributed by atoms with Gasteiger partial charge in [0, 0.05) is 58.5 Å². The number of benzene rings is 3. The first kappa shape index (κ1) is 59.5. The fourth-order valence-corrected chi connectivity index (χ4v) is 11.0. The summed E-state index contributed by atoms with van der Waals surface area (Å²) in [7, 11) is -11.1. The lowest BCUT2D eigenvalue weighted by molar-refractivity contribution is -0.137. The van der Waals surface area contributed by atoms with E-state index in [9.17, 15) is 44.7 Å². The van der Waals surface area contributed by atoms with Crippen molar-refractivity contribution in [1.29, 1.82) is 0 Å². The van der Waals surface area contributed by atoms with Gasteiger partial charge in [0.05, 0.1) is 51.6 Å². The van der Waals surface area contributed by atoms with E-state index in [1.165, 1.54) is 23.8 Å². The summed E-state index contributed by atoms with van der Waals surface area (Å²) in [6, 6.07) is 24.4. The number of hydrazine groups is 1. The fourth-order valence-electron chi connectivity index (χ4n) is 7.31. The summed E-state index contributed by atoms with van der Waals surface area (Å²) < 4.78 is 72.2. The van der Waals surface area contributed by atoms with E-state index < -0.39 is 49.1 Å². The van der Waals surface area contributed by atoms with Crippen molar-refractivity contribution >= 4 is 54.3 Å². The molecular weight excluding hydrogens is 976 g/mol. The van der Waals surface area contributed by atoms with Crippen molar-refractivity contribution in [3.63, 3.8) is 0 Å². The number of amides is 2. The highest BCUT2D eigenvalue weighted by atomic mass is 32.2. The summed E-state index contributed by atoms with van der Waals surface area (Å²) in [5.41, 5.74) is 0. The molecule has 3 aromatic carbocycles. The molecule has 0 saturated carbocycles. The number of hydrogen-bond acceptors (Lipinski definition) is 15. The predicted molar refractivity (Wildman–Crippen MR) is 267 cm³/mol. The average molecular weight is 1040 g/mol. The molecule has 3 saturated heterocycles. The van der Waals surface area contributed by atoms with E-state index in [2.05, 4.69) is 25.2 Å². The lowest BCUT2D eigenvalue weighted by Gasteiger charge is -2.20. The number of carboxylic acid groups (broad SMARTS) is 1. The van der Waals surface area contributed by atoms with Gasteiger partial charge in [-0.25, -0.2) is 45.0 Å². The first-order valence-corrected chi connectivity index (χ1v) is 27.8. The molecule has 0 aromatic heterocycles. The number of carbonyl (C=O) groups excluding carboxylic acids is 2. The van der Waals surface area contributed by atoms with Crippen molar-refractivity contribution in [3.8, 4) is 0 Å². The monoisotopic (exact) mass is 1040 g/mol. The van der Waals surface area contributed by atoms with Crippen LogP contribution in [0.3, 0.4) is 0 Å². The SMILES string of the molecule is CB(O)N(CCS(=O)(=O)c1ccccc1)CC(=O)O.[C-]#[N+][C@@H]1CCCN1C(=O)CNCCS(=O)(=O)c1ccccc1.[C-]#[N+][C@@H]1CCCN1C(=O)CNCCS(=O)(=O)c1ccccc1.[C-]#[N+][C@@H]1CCCN1N. The van der Waals surface area contributed by atoms with Gasteiger partial charge in [-0.2, -0.15) is 5.01 Å². The van der Waals surface area contributed by atoms with Crippen molar-refractivity contribution in [2.45, 2.75) is 78.5 Å². The van der Waals surface area contributed by atoms with E-state index in [1.807, 2.05) is 0 Å². The first-order valence-electron chi connectivity index (χ1n) is 22.8. The zero-order valence-electron chi connectivity index (χ0n) is 39.7. The Balaban J connectivity index is 0.000000261. The summed E-state index contributed by atoms with van der Waals surface area (Å²) in [6.07, 6.45) is 4.40. The Kier molecular flexibility index (Phi) is 25.3. The maximum atomic E-state index is 12.1. The van der Waals surface area contributed by atoms with Gasteiger partial charge >= 0.3 is 25.4 Å². The highest BCUT2D eigenvalue weighted by Crippen LogP contribution is 2.19. The highest BCUT2D eigenvalue weighted by molar-refractivity contribution is 7.92. The number of aliphatic carboxylic acids is 1. The Morgan fingerprint density at radius 1 is 0.634 bits per heavy atom. The molecule has 3 aliphatic heterocycles. The van der Waals surface area contributed by atoms with Gasteiger partial charge in [-0.15, -0.1) is 0 Å². The Hall–Kier alpha value is -5.79. The van der Waals surface area contributed by atoms with Crippen molar-refractivity contribution in [1.82, 2.24) is 30.3 Å². The second kappa shape index (κ2) is 30.2. The quantitative estimate of drug-likeness (QED) is 0.0497. The van der Waals surface area contributed by atoms with Crippen LogP contribution in [0.1, 0.15) is 38.5 Å². The predicted octanol–water partition coefficient (Wildman–Crippen LogP) is 1.99. The molecule has 3 fully saturated rings. The minimum Gasteiger partial charge on any atom is -0.480 e. The van der Waals surface area contributed by atoms with E-state index >= 15 is 0 Å². The molecule has 0 aliphatic carbocycles. The lowest BCUT2D eigenvalue weighted by Crippen LogP contribution is -2.43. The van der Waals surface area contributed by atoms with Crippen LogP contribution in [0.2, 0.25) is 6.82 Å². The molecule has 3 atom stereocenters. The third-order valence-electron chi connectivity index (χ3n) is 11.3. The molecule has 0 bridgehead atoms. The number of likely N-dealkylation sites (tertiary alicyclic amines) is 2. The normalized spacial score (nSPS) is 17.7. The Bertz CT molecular complexity index is 2500. The number of sulfone groups is 3. The smallest absolute Gasteiger partial charge is 0.376 e. The van der Waals surface area contributed by atoms with Crippen LogP contribution in [0.5, 0.6) is 0 Å². The number of carbonyl (C=O) groups is 3. The van der Waals surface area contributed by atoms with Crippen LogP contribution >= 0.6 is 0 Å². The fraction of sp³-hybridized carbons (Fsp3) is 0.478. The van der Waals surface area contributed by atoms with Crippen LogP contribution in [-0.4, -0.2) is 174 Å². The van der Waals surface area contributed by atoms with Crippen LogP contribution in [0.15, 0.2) is 106 Å². The van der Waals surface area contributed by atoms with Gasteiger partial charge in [0.25, 0.3) is 6.17 Å². The van der Waals surface area contributed by atoms with E-state index in [-0.39, 0.29) is 95.0 Å². The van der Waals surface area contributed by atoms with Gasteiger partial charge in [-0.05, 0) is 62.5 Å². The van der Waals surface area contributed by atoms with Gasteiger partial charge in [0.15, 0.2) is 29.5 Å². The van der Waals surface area contributed by atoms with Crippen molar-refractivity contribution in [3.05, 3.63) is 125 Å². The summed E-state index contributed by atoms with van der Waals surface area (Å²) in [5, 5.41) is 25.4. The summed E-state index contributed by atoms with van der Waals surface area (Å²) in [5.74, 6) is 3.65. The second-order valence-corrected chi connectivity index (χ2v) is 22.7. The van der Waals surface area contributed by atoms with Crippen LogP contribution < -0.4 is 16.5 Å². The molecule has 3 aliphatic rings. The van der Waals surface area contributed by atoms with E-state index in [4.69, 9.17) is 30.7 Å². The number of nitrogens with two attached hydrogens (primary N) is 1. The zero-order chi connectivity index (χ0) is 52.5. The van der Waals surface area contributed by atoms with Gasteiger partial charge < -0.3 is 25.6 Å². The minimum atomic E-state index is -3.47. The molecule has 25 heteroatoms. The van der Waals surface area contributed by atoms with Crippen LogP contribution in [0, 0.1) is 19.7 Å². The first-order chi connectivity index (χ1) is 33.8. The summed E-state index contributed by atoms with van der Waals surface area (Å²) in [4.78, 5) is 49.8. The summed E-state index contributed by atoms with van der Waals surface area (Å²) in [6.45, 7) is 24.3. The van der Waals surface area contributed by atoms with Crippen molar-refractivity contribution < 1.29 is 49.8 Å². The molecule has 71 heavy (non-hydrogen) atoms. The molecule has 384 valence electrons. The number of hydrogen-bond donors (Lipinski definition) is 5. The molecule has 6 rings (SSSR count). The molecule has 6 N–H and O–H groups in total. The Morgan fingerprint density at radius 2 is 0.986 bits per heavy atom. The van der Waals surface area contributed by atoms with Crippen molar-refractivity contribution in [2.24, 2.45) is 5.84 Å². The second-order valence-electron chi connectivity index (χ2n) is 16.4. The van der Waals surface area contributed by atoms with Crippen LogP contribution in [0.4, 0.5) is 0 Å². The molecule has 21 nitrogen and oxygen atoms in total. The number of nitrogens with one attached hydrogen (secondary N) is 2. The number of rotatable bonds is 19. The van der Waals surface area contributed by atoms with Gasteiger partial charge in [-0.1, -0.05) is 54.6 Å². The molecular formula is C46H63BN10O11S3. The number of carboxylic acids is 1. The third-order valence-corrected chi connectivity index (χ3v) is 16.4. The maximum Gasteiger partial charge on any atom is 0.376 e. The standard InChI is InChI=1S/2C15H19N3O3S.C11H16BNO5S.C5H9N3/c2*1-16-14-8-5-10-18(14)15(19)12-17-9-11-22(20,21)13-6-3-2-4-7-13;1-12(16)13(9-11(14)15)7-8-19(17,18)10-5-3-2-4-6-10;1-7-5-3-2-4-8(5)6/h2*2-4,6-7,14,17H,5,8-12H2;2-6,16H,7-9H2,1H3,(H,14,15);5H,2-4,6H2/t2*14-;;5-/m00.0/s1. The molecule has 0 spiro atoms. The molecule has 0 radical (unpaired) electrons. The van der Waals surface area contributed by atoms with Crippen molar-refractivity contribution in [2.75, 3.05) is 76.2 Å². The van der Waals surface area contributed by atoms with Gasteiger partial charge in [-0.3, -0.25) is 44.6 Å². The molecule has 3 aromatic rings. The largest absolute Gasteiger partial charge is 0.480 e. The van der Waals surface area contributed by atoms with E-state index in [1.54, 1.807) is 93.7 Å². The van der Waals surface area contributed by atoms with Gasteiger partial charge in [0.2, 0.25) is 11.8 Å². The number of nitrogens with zero attached hydrogens (tertiary/aromatic N) is 7. The highest BCUT2D eigenvalue weighted by Gasteiger charge is 2.33. The van der Waals surface area contributed by atoms with Gasteiger partial charge in [0.1, 0.15) is 0 Å². The molecule has 3 heterocycles. The lowest BCUT2D eigenvalue weighted by atomic mass is 9.85. The third kappa shape index (κ3) is 20.5. The Labute approximate surface area is 418 Å². The van der Waals surface area contributed by atoms with E-state index in [0.717, 1.165) is 45.1 Å². The molecule has 2 amide bonds. The zero-order valence-corrected chi connectivity index (χ0v) is 42.1. The van der Waals surface area contributed by atoms with E-state index in [0.29, 0.717) is 13.1 Å². The Morgan fingerprint density at radius 3 is 1.30 bits per heavy atom. The topological polar surface area (TPSA) is 270 Å². The summed E-state index contributed by atoms with van der Waals surface area (Å²) >= 11 is 0. The molecule has 0 unspecified atom stereocenters. The minimum absolute atomic E-state index is 0.0324. The van der Waals surface area contributed by atoms with Crippen LogP contribution in [0.25, 0.3) is 14.5 Å².